The van der Waals surface area contributed by atoms with Gasteiger partial charge in [0.2, 0.25) is 0 Å². The number of hydrogen-bond donors (Lipinski definition) is 1. The lowest BCUT2D eigenvalue weighted by Crippen LogP contribution is -2.35. The van der Waals surface area contributed by atoms with Gasteiger partial charge in [0.1, 0.15) is 0 Å². The highest BCUT2D eigenvalue weighted by Gasteiger charge is 2.42. The average Bonchev–Trinajstić information content (AvgIpc) is 2.32. The van der Waals surface area contributed by atoms with Gasteiger partial charge in [0.05, 0.1) is 0 Å². The maximum Gasteiger partial charge on any atom is 0.0123 e. The van der Waals surface area contributed by atoms with E-state index in [1.54, 1.807) is 0 Å². The van der Waals surface area contributed by atoms with E-state index in [9.17, 15) is 0 Å². The lowest BCUT2D eigenvalue weighted by atomic mass is 9.88. The molecule has 0 spiro atoms. The van der Waals surface area contributed by atoms with E-state index in [-0.39, 0.29) is 0 Å². The largest absolute Gasteiger partial charge is 0.316 e. The molecule has 1 rings (SSSR count). The molecule has 0 aliphatic heterocycles. The predicted molar refractivity (Wildman–Crippen MR) is 58.7 cm³/mol. The fraction of sp³-hybridized carbons (Fsp3) is 1.00. The van der Waals surface area contributed by atoms with E-state index in [1.807, 2.05) is 0 Å². The zero-order valence-electron chi connectivity index (χ0n) is 9.80. The summed E-state index contributed by atoms with van der Waals surface area (Å²) in [6.07, 6.45) is 2.72. The maximum absolute atomic E-state index is 3.51. The summed E-state index contributed by atoms with van der Waals surface area (Å²) in [4.78, 5) is 0. The molecule has 1 fully saturated rings. The van der Waals surface area contributed by atoms with Gasteiger partial charge in [-0.3, -0.25) is 0 Å². The van der Waals surface area contributed by atoms with Crippen LogP contribution in [0.1, 0.15) is 40.5 Å². The number of hydrogen-bond acceptors (Lipinski definition) is 1. The highest BCUT2D eigenvalue weighted by Crippen LogP contribution is 2.43. The van der Waals surface area contributed by atoms with Gasteiger partial charge in [-0.1, -0.05) is 34.1 Å². The van der Waals surface area contributed by atoms with Crippen molar-refractivity contribution in [3.8, 4) is 0 Å². The van der Waals surface area contributed by atoms with Crippen molar-refractivity contribution in [1.82, 2.24) is 5.32 Å². The van der Waals surface area contributed by atoms with Crippen molar-refractivity contribution in [2.45, 2.75) is 46.6 Å². The van der Waals surface area contributed by atoms with Crippen LogP contribution in [0, 0.1) is 23.7 Å². The van der Waals surface area contributed by atoms with E-state index in [2.05, 4.69) is 40.1 Å². The Morgan fingerprint density at radius 3 is 2.08 bits per heavy atom. The van der Waals surface area contributed by atoms with Crippen molar-refractivity contribution in [3.63, 3.8) is 0 Å². The van der Waals surface area contributed by atoms with E-state index in [4.69, 9.17) is 0 Å². The highest BCUT2D eigenvalue weighted by molar-refractivity contribution is 4.94. The summed E-state index contributed by atoms with van der Waals surface area (Å²) in [6, 6.07) is 0.755. The van der Waals surface area contributed by atoms with Crippen LogP contribution in [-0.2, 0) is 0 Å². The second-order valence-corrected chi connectivity index (χ2v) is 4.84. The van der Waals surface area contributed by atoms with Gasteiger partial charge in [-0.15, -0.1) is 0 Å². The van der Waals surface area contributed by atoms with Crippen molar-refractivity contribution in [2.75, 3.05) is 7.05 Å². The molecule has 1 aliphatic rings. The van der Waals surface area contributed by atoms with Gasteiger partial charge in [0, 0.05) is 6.04 Å². The minimum Gasteiger partial charge on any atom is -0.316 e. The summed E-state index contributed by atoms with van der Waals surface area (Å²) in [6.45, 7) is 9.54. The highest BCUT2D eigenvalue weighted by atomic mass is 14.9. The molecule has 0 aromatic heterocycles. The molecule has 1 saturated carbocycles. The topological polar surface area (TPSA) is 12.0 Å². The third-order valence-electron chi connectivity index (χ3n) is 4.32. The summed E-state index contributed by atoms with van der Waals surface area (Å²) in [7, 11) is 2.12. The SMILES string of the molecule is CCCC1C(C)C(C)C(C)C1NC. The molecule has 0 bridgehead atoms. The summed E-state index contributed by atoms with van der Waals surface area (Å²) < 4.78 is 0. The van der Waals surface area contributed by atoms with Crippen molar-refractivity contribution in [1.29, 1.82) is 0 Å². The molecule has 0 amide bonds. The molecule has 5 unspecified atom stereocenters. The van der Waals surface area contributed by atoms with E-state index >= 15 is 0 Å². The molecule has 0 aromatic carbocycles. The summed E-state index contributed by atoms with van der Waals surface area (Å²) in [5, 5.41) is 3.51. The molecule has 0 aromatic rings. The van der Waals surface area contributed by atoms with Crippen molar-refractivity contribution < 1.29 is 0 Å². The van der Waals surface area contributed by atoms with Crippen LogP contribution in [-0.4, -0.2) is 13.1 Å². The molecular weight excluding hydrogens is 158 g/mol. The smallest absolute Gasteiger partial charge is 0.0123 e. The molecular formula is C12H25N. The Labute approximate surface area is 83.3 Å². The minimum atomic E-state index is 0.755. The van der Waals surface area contributed by atoms with E-state index < -0.39 is 0 Å². The van der Waals surface area contributed by atoms with Crippen LogP contribution in [0.4, 0.5) is 0 Å². The molecule has 1 nitrogen and oxygen atoms in total. The van der Waals surface area contributed by atoms with Crippen molar-refractivity contribution >= 4 is 0 Å². The zero-order valence-corrected chi connectivity index (χ0v) is 9.80. The predicted octanol–water partition coefficient (Wildman–Crippen LogP) is 2.91. The molecule has 0 heterocycles. The standard InChI is InChI=1S/C12H25N/c1-6-7-11-9(3)8(2)10(4)12(11)13-5/h8-13H,6-7H2,1-5H3. The normalized spacial score (nSPS) is 45.5. The van der Waals surface area contributed by atoms with E-state index in [0.29, 0.717) is 0 Å². The molecule has 0 radical (unpaired) electrons. The van der Waals surface area contributed by atoms with Crippen LogP contribution < -0.4 is 5.32 Å². The van der Waals surface area contributed by atoms with Crippen molar-refractivity contribution in [3.05, 3.63) is 0 Å². The van der Waals surface area contributed by atoms with Gasteiger partial charge < -0.3 is 5.32 Å². The van der Waals surface area contributed by atoms with Gasteiger partial charge in [0.15, 0.2) is 0 Å². The average molecular weight is 183 g/mol. The van der Waals surface area contributed by atoms with Crippen LogP contribution >= 0.6 is 0 Å². The summed E-state index contributed by atoms with van der Waals surface area (Å²) in [5.74, 6) is 3.53. The fourth-order valence-corrected chi connectivity index (χ4v) is 3.17. The zero-order chi connectivity index (χ0) is 10.0. The first-order chi connectivity index (χ1) is 6.13. The lowest BCUT2D eigenvalue weighted by molar-refractivity contribution is 0.308. The summed E-state index contributed by atoms with van der Waals surface area (Å²) in [5.41, 5.74) is 0. The number of nitrogens with one attached hydrogen (secondary N) is 1. The van der Waals surface area contributed by atoms with Crippen LogP contribution in [0.15, 0.2) is 0 Å². The van der Waals surface area contributed by atoms with Gasteiger partial charge >= 0.3 is 0 Å². The molecule has 5 atom stereocenters. The van der Waals surface area contributed by atoms with Gasteiger partial charge in [0.25, 0.3) is 0 Å². The Balaban J connectivity index is 2.68. The molecule has 13 heavy (non-hydrogen) atoms. The summed E-state index contributed by atoms with van der Waals surface area (Å²) >= 11 is 0. The first-order valence-electron chi connectivity index (χ1n) is 5.80. The van der Waals surface area contributed by atoms with E-state index in [1.165, 1.54) is 12.8 Å². The fourth-order valence-electron chi connectivity index (χ4n) is 3.17. The Hall–Kier alpha value is -0.0400. The van der Waals surface area contributed by atoms with E-state index in [0.717, 1.165) is 29.7 Å². The molecule has 1 N–H and O–H groups in total. The first kappa shape index (κ1) is 11.0. The van der Waals surface area contributed by atoms with Gasteiger partial charge in [-0.05, 0) is 37.1 Å². The maximum atomic E-state index is 3.51. The quantitative estimate of drug-likeness (QED) is 0.709. The van der Waals surface area contributed by atoms with Crippen LogP contribution in [0.2, 0.25) is 0 Å². The van der Waals surface area contributed by atoms with Crippen LogP contribution in [0.25, 0.3) is 0 Å². The Kier molecular flexibility index (Phi) is 3.78. The second-order valence-electron chi connectivity index (χ2n) is 4.84. The monoisotopic (exact) mass is 183 g/mol. The molecule has 78 valence electrons. The lowest BCUT2D eigenvalue weighted by Gasteiger charge is -2.23. The number of rotatable bonds is 3. The Morgan fingerprint density at radius 1 is 1.00 bits per heavy atom. The second kappa shape index (κ2) is 4.45. The molecule has 1 aliphatic carbocycles. The third kappa shape index (κ3) is 1.90. The first-order valence-corrected chi connectivity index (χ1v) is 5.80. The van der Waals surface area contributed by atoms with Crippen LogP contribution in [0.3, 0.4) is 0 Å². The van der Waals surface area contributed by atoms with Crippen molar-refractivity contribution in [2.24, 2.45) is 23.7 Å². The third-order valence-corrected chi connectivity index (χ3v) is 4.32. The van der Waals surface area contributed by atoms with Gasteiger partial charge in [-0.25, -0.2) is 0 Å². The molecule has 0 saturated heterocycles. The Bertz CT molecular complexity index is 155. The van der Waals surface area contributed by atoms with Gasteiger partial charge in [-0.2, -0.15) is 0 Å². The molecule has 1 heteroatoms. The Morgan fingerprint density at radius 2 is 1.62 bits per heavy atom. The van der Waals surface area contributed by atoms with Crippen LogP contribution in [0.5, 0.6) is 0 Å². The minimum absolute atomic E-state index is 0.755.